The average molecular weight is 247 g/mol. The maximum Gasteiger partial charge on any atom is 0.0270 e. The lowest BCUT2D eigenvalue weighted by Gasteiger charge is -2.31. The number of nitrogens with one attached hydrogen (secondary N) is 1. The van der Waals surface area contributed by atoms with Crippen LogP contribution in [0.1, 0.15) is 25.3 Å². The van der Waals surface area contributed by atoms with Gasteiger partial charge >= 0.3 is 0 Å². The zero-order valence-corrected chi connectivity index (χ0v) is 11.6. The molecule has 18 heavy (non-hydrogen) atoms. The van der Waals surface area contributed by atoms with Crippen LogP contribution < -0.4 is 5.32 Å². The zero-order valence-electron chi connectivity index (χ0n) is 11.6. The number of likely N-dealkylation sites (N-methyl/N-ethyl adjacent to an activating group) is 1. The summed E-state index contributed by atoms with van der Waals surface area (Å²) < 4.78 is 0. The summed E-state index contributed by atoms with van der Waals surface area (Å²) >= 11 is 0. The molecule has 1 fully saturated rings. The fraction of sp³-hybridized carbons (Fsp3) is 0.667. The van der Waals surface area contributed by atoms with Gasteiger partial charge in [0.2, 0.25) is 0 Å². The summed E-state index contributed by atoms with van der Waals surface area (Å²) in [6.07, 6.45) is 7.52. The number of piperidine rings is 1. The van der Waals surface area contributed by atoms with E-state index in [0.717, 1.165) is 18.9 Å². The van der Waals surface area contributed by atoms with Crippen molar-refractivity contribution >= 4 is 0 Å². The van der Waals surface area contributed by atoms with E-state index in [1.54, 1.807) is 0 Å². The summed E-state index contributed by atoms with van der Waals surface area (Å²) in [7, 11) is 2.24. The Hall–Kier alpha value is -0.930. The minimum atomic E-state index is 0.692. The summed E-state index contributed by atoms with van der Waals surface area (Å²) in [5, 5.41) is 3.52. The highest BCUT2D eigenvalue weighted by Crippen LogP contribution is 2.16. The van der Waals surface area contributed by atoms with Crippen molar-refractivity contribution in [2.75, 3.05) is 26.7 Å². The molecule has 1 N–H and O–H groups in total. The summed E-state index contributed by atoms with van der Waals surface area (Å²) in [5.74, 6) is 0.865. The van der Waals surface area contributed by atoms with Gasteiger partial charge in [-0.2, -0.15) is 0 Å². The molecular formula is C15H25N3. The Kier molecular flexibility index (Phi) is 5.14. The van der Waals surface area contributed by atoms with Crippen molar-refractivity contribution in [2.24, 2.45) is 5.92 Å². The van der Waals surface area contributed by atoms with Crippen LogP contribution in [0.5, 0.6) is 0 Å². The Balaban J connectivity index is 1.70. The molecule has 100 valence electrons. The van der Waals surface area contributed by atoms with Gasteiger partial charge in [0.15, 0.2) is 0 Å². The lowest BCUT2D eigenvalue weighted by Crippen LogP contribution is -2.40. The number of hydrogen-bond donors (Lipinski definition) is 1. The van der Waals surface area contributed by atoms with Gasteiger partial charge in [-0.25, -0.2) is 0 Å². The third kappa shape index (κ3) is 4.39. The molecule has 1 saturated heterocycles. The predicted octanol–water partition coefficient (Wildman–Crippen LogP) is 1.94. The molecule has 0 aromatic carbocycles. The number of aromatic nitrogens is 1. The minimum Gasteiger partial charge on any atom is -0.314 e. The second-order valence-electron chi connectivity index (χ2n) is 5.61. The Labute approximate surface area is 111 Å². The van der Waals surface area contributed by atoms with Crippen LogP contribution in [0.3, 0.4) is 0 Å². The molecule has 0 saturated carbocycles. The number of nitrogens with zero attached hydrogens (tertiary/aromatic N) is 2. The Morgan fingerprint density at radius 3 is 2.89 bits per heavy atom. The second kappa shape index (κ2) is 6.86. The number of rotatable bonds is 5. The van der Waals surface area contributed by atoms with Crippen LogP contribution in [-0.2, 0) is 6.42 Å². The number of hydrogen-bond acceptors (Lipinski definition) is 3. The molecule has 1 aliphatic heterocycles. The maximum atomic E-state index is 4.05. The van der Waals surface area contributed by atoms with Crippen molar-refractivity contribution in [1.29, 1.82) is 0 Å². The zero-order chi connectivity index (χ0) is 12.8. The molecule has 3 nitrogen and oxygen atoms in total. The van der Waals surface area contributed by atoms with Gasteiger partial charge in [0, 0.05) is 31.5 Å². The van der Waals surface area contributed by atoms with E-state index >= 15 is 0 Å². The molecule has 2 rings (SSSR count). The molecule has 1 aromatic heterocycles. The highest BCUT2D eigenvalue weighted by molar-refractivity contribution is 5.09. The molecule has 2 atom stereocenters. The van der Waals surface area contributed by atoms with E-state index < -0.39 is 0 Å². The van der Waals surface area contributed by atoms with E-state index in [4.69, 9.17) is 0 Å². The normalized spacial score (nSPS) is 24.4. The van der Waals surface area contributed by atoms with Gasteiger partial charge in [-0.1, -0.05) is 0 Å². The molecule has 1 aromatic rings. The quantitative estimate of drug-likeness (QED) is 0.862. The van der Waals surface area contributed by atoms with Crippen LogP contribution in [0.2, 0.25) is 0 Å². The lowest BCUT2D eigenvalue weighted by molar-refractivity contribution is 0.221. The highest BCUT2D eigenvalue weighted by Gasteiger charge is 2.19. The second-order valence-corrected chi connectivity index (χ2v) is 5.61. The van der Waals surface area contributed by atoms with Crippen LogP contribution >= 0.6 is 0 Å². The van der Waals surface area contributed by atoms with E-state index in [9.17, 15) is 0 Å². The molecule has 1 aliphatic rings. The summed E-state index contributed by atoms with van der Waals surface area (Å²) in [6, 6.07) is 4.92. The fourth-order valence-electron chi connectivity index (χ4n) is 2.80. The van der Waals surface area contributed by atoms with Gasteiger partial charge in [-0.15, -0.1) is 0 Å². The van der Waals surface area contributed by atoms with E-state index in [1.165, 1.54) is 31.5 Å². The topological polar surface area (TPSA) is 28.2 Å². The molecular weight excluding hydrogens is 222 g/mol. The summed E-state index contributed by atoms with van der Waals surface area (Å²) in [6.45, 7) is 5.85. The van der Waals surface area contributed by atoms with E-state index in [0.29, 0.717) is 6.04 Å². The Bertz CT molecular complexity index is 339. The maximum absolute atomic E-state index is 4.05. The van der Waals surface area contributed by atoms with Crippen molar-refractivity contribution < 1.29 is 0 Å². The van der Waals surface area contributed by atoms with Crippen LogP contribution in [-0.4, -0.2) is 42.6 Å². The van der Waals surface area contributed by atoms with Crippen molar-refractivity contribution in [3.8, 4) is 0 Å². The van der Waals surface area contributed by atoms with Crippen molar-refractivity contribution in [3.05, 3.63) is 30.1 Å². The molecule has 0 radical (unpaired) electrons. The van der Waals surface area contributed by atoms with E-state index in [1.807, 2.05) is 12.4 Å². The van der Waals surface area contributed by atoms with Gasteiger partial charge in [0.05, 0.1) is 0 Å². The van der Waals surface area contributed by atoms with E-state index in [2.05, 4.69) is 41.3 Å². The minimum absolute atomic E-state index is 0.692. The summed E-state index contributed by atoms with van der Waals surface area (Å²) in [5.41, 5.74) is 1.38. The molecule has 3 heteroatoms. The first-order valence-corrected chi connectivity index (χ1v) is 7.05. The first kappa shape index (κ1) is 13.5. The van der Waals surface area contributed by atoms with Crippen molar-refractivity contribution in [2.45, 2.75) is 32.2 Å². The molecule has 0 spiro atoms. The van der Waals surface area contributed by atoms with Crippen LogP contribution in [0, 0.1) is 5.92 Å². The molecule has 0 bridgehead atoms. The molecule has 2 heterocycles. The molecule has 2 unspecified atom stereocenters. The first-order valence-electron chi connectivity index (χ1n) is 7.05. The largest absolute Gasteiger partial charge is 0.314 e. The fourth-order valence-corrected chi connectivity index (χ4v) is 2.80. The predicted molar refractivity (Wildman–Crippen MR) is 75.6 cm³/mol. The van der Waals surface area contributed by atoms with Gasteiger partial charge in [-0.3, -0.25) is 4.98 Å². The Morgan fingerprint density at radius 1 is 1.39 bits per heavy atom. The van der Waals surface area contributed by atoms with Gasteiger partial charge in [0.1, 0.15) is 0 Å². The average Bonchev–Trinajstić information content (AvgIpc) is 2.38. The van der Waals surface area contributed by atoms with Crippen molar-refractivity contribution in [1.82, 2.24) is 15.2 Å². The number of pyridine rings is 1. The monoisotopic (exact) mass is 247 g/mol. The van der Waals surface area contributed by atoms with Gasteiger partial charge in [-0.05, 0) is 63.4 Å². The smallest absolute Gasteiger partial charge is 0.0270 e. The standard InChI is InChI=1S/C15H25N3/c1-13-11-15(5-9-17-13)12-18(2)10-6-14-3-7-16-8-4-14/h3-4,7-8,13,15,17H,5-6,9-12H2,1-2H3. The van der Waals surface area contributed by atoms with Crippen LogP contribution in [0.4, 0.5) is 0 Å². The molecule has 0 aliphatic carbocycles. The SMILES string of the molecule is CC1CC(CN(C)CCc2ccncc2)CCN1. The van der Waals surface area contributed by atoms with Crippen molar-refractivity contribution in [3.63, 3.8) is 0 Å². The lowest BCUT2D eigenvalue weighted by atomic mass is 9.93. The van der Waals surface area contributed by atoms with Crippen LogP contribution in [0.25, 0.3) is 0 Å². The van der Waals surface area contributed by atoms with Gasteiger partial charge in [0.25, 0.3) is 0 Å². The Morgan fingerprint density at radius 2 is 2.17 bits per heavy atom. The van der Waals surface area contributed by atoms with Gasteiger partial charge < -0.3 is 10.2 Å². The third-order valence-electron chi connectivity index (χ3n) is 3.83. The van der Waals surface area contributed by atoms with E-state index in [-0.39, 0.29) is 0 Å². The highest BCUT2D eigenvalue weighted by atomic mass is 15.1. The summed E-state index contributed by atoms with van der Waals surface area (Å²) in [4.78, 5) is 6.53. The first-order chi connectivity index (χ1) is 8.74. The third-order valence-corrected chi connectivity index (χ3v) is 3.83. The van der Waals surface area contributed by atoms with Crippen LogP contribution in [0.15, 0.2) is 24.5 Å². The molecule has 0 amide bonds.